The fourth-order valence-electron chi connectivity index (χ4n) is 5.65. The Morgan fingerprint density at radius 2 is 2.00 bits per heavy atom. The van der Waals surface area contributed by atoms with E-state index in [1.165, 1.54) is 18.3 Å². The van der Waals surface area contributed by atoms with Gasteiger partial charge in [-0.25, -0.2) is 0 Å². The Labute approximate surface area is 211 Å². The molecule has 1 amide bonds. The van der Waals surface area contributed by atoms with Crippen LogP contribution in [0.5, 0.6) is 0 Å². The van der Waals surface area contributed by atoms with Gasteiger partial charge in [0.25, 0.3) is 0 Å². The van der Waals surface area contributed by atoms with E-state index in [1.807, 2.05) is 11.6 Å². The fourth-order valence-corrected chi connectivity index (χ4v) is 6.50. The van der Waals surface area contributed by atoms with Crippen molar-refractivity contribution in [2.75, 3.05) is 18.8 Å². The highest BCUT2D eigenvalue weighted by molar-refractivity contribution is 7.99. The van der Waals surface area contributed by atoms with Gasteiger partial charge in [-0.05, 0) is 61.4 Å². The predicted octanol–water partition coefficient (Wildman–Crippen LogP) is 4.19. The number of thioether (sulfide) groups is 1. The quantitative estimate of drug-likeness (QED) is 0.344. The van der Waals surface area contributed by atoms with Gasteiger partial charge in [0.2, 0.25) is 5.91 Å². The third-order valence-electron chi connectivity index (χ3n) is 7.63. The molecule has 2 aromatic heterocycles. The van der Waals surface area contributed by atoms with Crippen LogP contribution in [0.25, 0.3) is 11.4 Å². The van der Waals surface area contributed by atoms with Crippen LogP contribution in [0.4, 0.5) is 13.2 Å². The summed E-state index contributed by atoms with van der Waals surface area (Å²) in [6.07, 6.45) is 2.55. The van der Waals surface area contributed by atoms with Crippen molar-refractivity contribution in [3.8, 4) is 11.4 Å². The molecule has 11 heteroatoms. The van der Waals surface area contributed by atoms with Gasteiger partial charge < -0.3 is 15.6 Å². The molecule has 2 fully saturated rings. The van der Waals surface area contributed by atoms with Crippen molar-refractivity contribution in [1.29, 1.82) is 0 Å². The molecule has 3 aromatic rings. The summed E-state index contributed by atoms with van der Waals surface area (Å²) in [5, 5.41) is 12.7. The van der Waals surface area contributed by atoms with Crippen LogP contribution >= 0.6 is 11.8 Å². The van der Waals surface area contributed by atoms with Crippen LogP contribution in [0.15, 0.2) is 47.9 Å². The highest BCUT2D eigenvalue weighted by atomic mass is 32.2. The number of rotatable bonds is 8. The molecule has 7 nitrogen and oxygen atoms in total. The second-order valence-corrected chi connectivity index (χ2v) is 10.7. The number of hydrogen-bond acceptors (Lipinski definition) is 6. The van der Waals surface area contributed by atoms with E-state index < -0.39 is 17.6 Å². The second-order valence-electron chi connectivity index (χ2n) is 9.68. The molecule has 3 heterocycles. The van der Waals surface area contributed by atoms with E-state index in [4.69, 9.17) is 5.73 Å². The standard InChI is InChI=1S/C25H27F3N6OS/c1-34-21(17-11-16(20(29)35)12-31-13-17)32-33-22(34)36-10-2-7-24(14-23(24)8-9-30-15-23)18-3-5-19(6-4-18)25(26,27)28/h3-6,11-13,30H,2,7-10,14-15H2,1H3,(H2,29,35)/t23-,24+/m0/s1. The van der Waals surface area contributed by atoms with Gasteiger partial charge in [-0.15, -0.1) is 10.2 Å². The van der Waals surface area contributed by atoms with Gasteiger partial charge in [0.1, 0.15) is 0 Å². The molecule has 5 rings (SSSR count). The number of carbonyl (C=O) groups excluding carboxylic acids is 1. The summed E-state index contributed by atoms with van der Waals surface area (Å²) in [5.74, 6) is 0.836. The zero-order chi connectivity index (χ0) is 25.6. The van der Waals surface area contributed by atoms with Gasteiger partial charge in [-0.1, -0.05) is 23.9 Å². The second kappa shape index (κ2) is 9.19. The van der Waals surface area contributed by atoms with E-state index in [2.05, 4.69) is 20.5 Å². The molecule has 190 valence electrons. The fraction of sp³-hybridized carbons (Fsp3) is 0.440. The molecule has 1 saturated heterocycles. The Morgan fingerprint density at radius 1 is 1.22 bits per heavy atom. The topological polar surface area (TPSA) is 98.7 Å². The average molecular weight is 517 g/mol. The molecular weight excluding hydrogens is 489 g/mol. The van der Waals surface area contributed by atoms with Crippen molar-refractivity contribution >= 4 is 17.7 Å². The van der Waals surface area contributed by atoms with Gasteiger partial charge in [-0.2, -0.15) is 13.2 Å². The lowest BCUT2D eigenvalue weighted by Gasteiger charge is -2.23. The molecule has 3 N–H and O–H groups in total. The normalized spacial score (nSPS) is 23.3. The molecule has 1 aliphatic carbocycles. The third-order valence-corrected chi connectivity index (χ3v) is 8.74. The number of pyridine rings is 1. The Morgan fingerprint density at radius 3 is 2.67 bits per heavy atom. The Bertz CT molecular complexity index is 1270. The van der Waals surface area contributed by atoms with Crippen LogP contribution in [0.1, 0.15) is 47.2 Å². The van der Waals surface area contributed by atoms with Crippen molar-refractivity contribution in [2.45, 2.75) is 42.4 Å². The number of benzene rings is 1. The lowest BCUT2D eigenvalue weighted by Crippen LogP contribution is -2.22. The van der Waals surface area contributed by atoms with E-state index in [9.17, 15) is 18.0 Å². The van der Waals surface area contributed by atoms with Crippen LogP contribution in [0.2, 0.25) is 0 Å². The van der Waals surface area contributed by atoms with Gasteiger partial charge in [0, 0.05) is 42.7 Å². The number of nitrogens with one attached hydrogen (secondary N) is 1. The molecule has 2 aliphatic rings. The number of halogens is 3. The molecule has 1 spiro atoms. The van der Waals surface area contributed by atoms with Gasteiger partial charge in [0.05, 0.1) is 11.1 Å². The summed E-state index contributed by atoms with van der Waals surface area (Å²) in [4.78, 5) is 15.5. The number of aromatic nitrogens is 4. The van der Waals surface area contributed by atoms with Crippen LogP contribution in [0.3, 0.4) is 0 Å². The summed E-state index contributed by atoms with van der Waals surface area (Å²) in [7, 11) is 1.86. The number of amides is 1. The number of alkyl halides is 3. The summed E-state index contributed by atoms with van der Waals surface area (Å²) in [6.45, 7) is 1.86. The number of primary amides is 1. The van der Waals surface area contributed by atoms with Crippen LogP contribution in [-0.2, 0) is 18.6 Å². The summed E-state index contributed by atoms with van der Waals surface area (Å²) >= 11 is 1.59. The summed E-state index contributed by atoms with van der Waals surface area (Å²) in [5.41, 5.74) is 6.76. The maximum absolute atomic E-state index is 13.1. The first-order chi connectivity index (χ1) is 17.2. The van der Waals surface area contributed by atoms with Crippen LogP contribution in [-0.4, -0.2) is 44.5 Å². The molecule has 1 saturated carbocycles. The van der Waals surface area contributed by atoms with E-state index >= 15 is 0 Å². The highest BCUT2D eigenvalue weighted by Crippen LogP contribution is 2.69. The zero-order valence-electron chi connectivity index (χ0n) is 19.8. The van der Waals surface area contributed by atoms with Gasteiger partial charge in [0.15, 0.2) is 11.0 Å². The molecule has 1 aliphatic heterocycles. The zero-order valence-corrected chi connectivity index (χ0v) is 20.6. The first kappa shape index (κ1) is 24.8. The summed E-state index contributed by atoms with van der Waals surface area (Å²) in [6, 6.07) is 7.41. The number of nitrogens with zero attached hydrogens (tertiary/aromatic N) is 4. The molecular formula is C25H27F3N6OS. The van der Waals surface area contributed by atoms with Gasteiger partial charge >= 0.3 is 6.18 Å². The average Bonchev–Trinajstić information content (AvgIpc) is 3.11. The van der Waals surface area contributed by atoms with Crippen LogP contribution < -0.4 is 11.1 Å². The van der Waals surface area contributed by atoms with E-state index in [0.717, 1.165) is 55.2 Å². The minimum absolute atomic E-state index is 0.0902. The lowest BCUT2D eigenvalue weighted by molar-refractivity contribution is -0.137. The molecule has 36 heavy (non-hydrogen) atoms. The van der Waals surface area contributed by atoms with Crippen molar-refractivity contribution < 1.29 is 18.0 Å². The smallest absolute Gasteiger partial charge is 0.366 e. The van der Waals surface area contributed by atoms with Gasteiger partial charge in [-0.3, -0.25) is 9.78 Å². The maximum atomic E-state index is 13.1. The first-order valence-corrected chi connectivity index (χ1v) is 12.8. The Balaban J connectivity index is 1.26. The molecule has 0 radical (unpaired) electrons. The SMILES string of the molecule is Cn1c(SCCC[C@]2(c3ccc(C(F)(F)F)cc3)C[C@]23CCNC3)nnc1-c1cncc(C(N)=O)c1. The Hall–Kier alpha value is -2.92. The lowest BCUT2D eigenvalue weighted by atomic mass is 9.81. The monoisotopic (exact) mass is 516 g/mol. The van der Waals surface area contributed by atoms with Crippen molar-refractivity contribution in [3.63, 3.8) is 0 Å². The largest absolute Gasteiger partial charge is 0.416 e. The predicted molar refractivity (Wildman–Crippen MR) is 130 cm³/mol. The molecule has 0 bridgehead atoms. The van der Waals surface area contributed by atoms with Crippen molar-refractivity contribution in [1.82, 2.24) is 25.1 Å². The Kier molecular flexibility index (Phi) is 6.32. The molecule has 1 aromatic carbocycles. The number of carbonyl (C=O) groups is 1. The molecule has 2 atom stereocenters. The summed E-state index contributed by atoms with van der Waals surface area (Å²) < 4.78 is 41.1. The van der Waals surface area contributed by atoms with Crippen LogP contribution in [0, 0.1) is 5.41 Å². The molecule has 0 unspecified atom stereocenters. The highest BCUT2D eigenvalue weighted by Gasteiger charge is 2.67. The van der Waals surface area contributed by atoms with Crippen molar-refractivity contribution in [3.05, 3.63) is 59.4 Å². The van der Waals surface area contributed by atoms with Crippen molar-refractivity contribution in [2.24, 2.45) is 18.2 Å². The van der Waals surface area contributed by atoms with E-state index in [1.54, 1.807) is 36.2 Å². The maximum Gasteiger partial charge on any atom is 0.416 e. The number of hydrogen-bond donors (Lipinski definition) is 2. The minimum atomic E-state index is -4.33. The first-order valence-electron chi connectivity index (χ1n) is 11.8. The van der Waals surface area contributed by atoms with E-state index in [0.29, 0.717) is 17.0 Å². The number of nitrogens with two attached hydrogens (primary N) is 1. The third kappa shape index (κ3) is 4.39. The minimum Gasteiger partial charge on any atom is -0.366 e. The van der Waals surface area contributed by atoms with E-state index in [-0.39, 0.29) is 10.8 Å².